The summed E-state index contributed by atoms with van der Waals surface area (Å²) in [6.07, 6.45) is 90.8. The van der Waals surface area contributed by atoms with Gasteiger partial charge >= 0.3 is 0 Å². The summed E-state index contributed by atoms with van der Waals surface area (Å²) in [5.74, 6) is 0. The van der Waals surface area contributed by atoms with Gasteiger partial charge in [-0.1, -0.05) is 293 Å². The van der Waals surface area contributed by atoms with Crippen LogP contribution in [0.15, 0.2) is 293 Å². The Labute approximate surface area is 291 Å². The van der Waals surface area contributed by atoms with E-state index < -0.39 is 0 Å². The molecule has 0 nitrogen and oxygen atoms in total. The van der Waals surface area contributed by atoms with E-state index in [0.29, 0.717) is 0 Å². The highest BCUT2D eigenvalue weighted by molar-refractivity contribution is 5.26. The molecular formula is C48H50. The second-order valence-corrected chi connectivity index (χ2v) is 8.94. The molecule has 0 saturated heterocycles. The molecule has 0 fully saturated rings. The van der Waals surface area contributed by atoms with Crippen LogP contribution in [0.4, 0.5) is 0 Å². The maximum atomic E-state index is 3.62. The molecule has 0 rings (SSSR count). The molecule has 0 aliphatic carbocycles. The van der Waals surface area contributed by atoms with E-state index in [1.807, 2.05) is 267 Å². The van der Waals surface area contributed by atoms with Gasteiger partial charge in [-0.05, 0) is 0 Å². The van der Waals surface area contributed by atoms with Gasteiger partial charge in [0, 0.05) is 0 Å². The Bertz CT molecular complexity index is 1380. The minimum absolute atomic E-state index is 1.75. The summed E-state index contributed by atoms with van der Waals surface area (Å²) in [5.41, 5.74) is 0. The van der Waals surface area contributed by atoms with Gasteiger partial charge in [-0.2, -0.15) is 0 Å². The Morgan fingerprint density at radius 3 is 0.229 bits per heavy atom. The first-order valence-electron chi connectivity index (χ1n) is 15.8. The van der Waals surface area contributed by atoms with E-state index in [9.17, 15) is 0 Å². The standard InChI is InChI=1S/C48H50/c1-3-5-7-9-11-13-15-17-19-21-23-25-27-29-31-33-35-37-39-41-43-45-47-48-46-44-42-40-38-36-34-32-30-28-26-24-22-20-18-16-14-12-10-8-6-4-2/h3-48H,1-2H2. The minimum Gasteiger partial charge on any atom is -0.0991 e. The molecule has 0 saturated carbocycles. The van der Waals surface area contributed by atoms with E-state index in [4.69, 9.17) is 0 Å². The lowest BCUT2D eigenvalue weighted by Gasteiger charge is -1.76. The molecule has 0 radical (unpaired) electrons. The van der Waals surface area contributed by atoms with Crippen molar-refractivity contribution in [2.24, 2.45) is 0 Å². The highest BCUT2D eigenvalue weighted by Gasteiger charge is 1.68. The molecule has 48 heavy (non-hydrogen) atoms. The van der Waals surface area contributed by atoms with E-state index in [1.54, 1.807) is 12.2 Å². The van der Waals surface area contributed by atoms with E-state index in [2.05, 4.69) is 13.2 Å². The van der Waals surface area contributed by atoms with Crippen molar-refractivity contribution in [3.8, 4) is 0 Å². The largest absolute Gasteiger partial charge is 0.0991 e. The summed E-state index contributed by atoms with van der Waals surface area (Å²) in [5, 5.41) is 0. The van der Waals surface area contributed by atoms with Gasteiger partial charge in [0.25, 0.3) is 0 Å². The number of hydrogen-bond acceptors (Lipinski definition) is 0. The highest BCUT2D eigenvalue weighted by atomic mass is 13.8. The summed E-state index contributed by atoms with van der Waals surface area (Å²) < 4.78 is 0. The second kappa shape index (κ2) is 40.8. The quantitative estimate of drug-likeness (QED) is 0.0990. The summed E-state index contributed by atoms with van der Waals surface area (Å²) in [4.78, 5) is 0. The fourth-order valence-electron chi connectivity index (χ4n) is 2.85. The molecule has 0 amide bonds. The molecule has 0 N–H and O–H groups in total. The van der Waals surface area contributed by atoms with Crippen LogP contribution in [0.3, 0.4) is 0 Å². The number of hydrogen-bond donors (Lipinski definition) is 0. The van der Waals surface area contributed by atoms with Crippen LogP contribution in [0.1, 0.15) is 0 Å². The Hall–Kier alpha value is -6.24. The molecule has 0 aromatic carbocycles. The maximum absolute atomic E-state index is 3.62. The molecule has 0 aromatic rings. The molecular weight excluding hydrogens is 577 g/mol. The Morgan fingerprint density at radius 1 is 0.104 bits per heavy atom. The lowest BCUT2D eigenvalue weighted by Crippen LogP contribution is -1.55. The van der Waals surface area contributed by atoms with Crippen LogP contribution in [0.25, 0.3) is 0 Å². The van der Waals surface area contributed by atoms with Crippen molar-refractivity contribution in [3.05, 3.63) is 293 Å². The average molecular weight is 627 g/mol. The van der Waals surface area contributed by atoms with Crippen LogP contribution in [-0.2, 0) is 0 Å². The molecule has 0 bridgehead atoms. The molecule has 0 aliphatic rings. The van der Waals surface area contributed by atoms with Crippen molar-refractivity contribution in [1.29, 1.82) is 0 Å². The molecule has 0 heterocycles. The van der Waals surface area contributed by atoms with Gasteiger partial charge in [0.2, 0.25) is 0 Å². The lowest BCUT2D eigenvalue weighted by atomic mass is 10.3. The fourth-order valence-corrected chi connectivity index (χ4v) is 2.85. The normalized spacial score (nSPS) is 15.1. The molecule has 0 atom stereocenters. The first-order valence-corrected chi connectivity index (χ1v) is 15.8. The molecule has 0 spiro atoms. The zero-order chi connectivity index (χ0) is 34.5. The number of rotatable bonds is 23. The first kappa shape index (κ1) is 41.8. The zero-order valence-electron chi connectivity index (χ0n) is 28.0. The zero-order valence-corrected chi connectivity index (χ0v) is 28.0. The third-order valence-electron chi connectivity index (χ3n) is 5.05. The van der Waals surface area contributed by atoms with Crippen molar-refractivity contribution >= 4 is 0 Å². The lowest BCUT2D eigenvalue weighted by molar-refractivity contribution is 1.81. The third kappa shape index (κ3) is 39.8. The van der Waals surface area contributed by atoms with Gasteiger partial charge in [-0.15, -0.1) is 0 Å². The number of allylic oxidation sites excluding steroid dienone is 46. The van der Waals surface area contributed by atoms with Gasteiger partial charge in [0.1, 0.15) is 0 Å². The van der Waals surface area contributed by atoms with Crippen molar-refractivity contribution in [1.82, 2.24) is 0 Å². The van der Waals surface area contributed by atoms with E-state index >= 15 is 0 Å². The van der Waals surface area contributed by atoms with Crippen LogP contribution in [0.5, 0.6) is 0 Å². The van der Waals surface area contributed by atoms with Crippen molar-refractivity contribution in [2.75, 3.05) is 0 Å². The fraction of sp³-hybridized carbons (Fsp3) is 0. The van der Waals surface area contributed by atoms with Crippen LogP contribution in [-0.4, -0.2) is 0 Å². The van der Waals surface area contributed by atoms with E-state index in [-0.39, 0.29) is 0 Å². The monoisotopic (exact) mass is 626 g/mol. The van der Waals surface area contributed by atoms with Gasteiger partial charge < -0.3 is 0 Å². The van der Waals surface area contributed by atoms with Crippen molar-refractivity contribution in [2.45, 2.75) is 0 Å². The summed E-state index contributed by atoms with van der Waals surface area (Å²) >= 11 is 0. The summed E-state index contributed by atoms with van der Waals surface area (Å²) in [6.45, 7) is 7.25. The van der Waals surface area contributed by atoms with Crippen molar-refractivity contribution < 1.29 is 0 Å². The van der Waals surface area contributed by atoms with E-state index in [1.165, 1.54) is 0 Å². The van der Waals surface area contributed by atoms with Gasteiger partial charge in [0.05, 0.1) is 0 Å². The topological polar surface area (TPSA) is 0 Å². The highest BCUT2D eigenvalue weighted by Crippen LogP contribution is 1.90. The van der Waals surface area contributed by atoms with Gasteiger partial charge in [0.15, 0.2) is 0 Å². The Morgan fingerprint density at radius 2 is 0.167 bits per heavy atom. The predicted octanol–water partition coefficient (Wildman–Crippen LogP) is 13.6. The maximum Gasteiger partial charge on any atom is -0.0623 e. The summed E-state index contributed by atoms with van der Waals surface area (Å²) in [6, 6.07) is 0. The minimum atomic E-state index is 1.75. The van der Waals surface area contributed by atoms with Crippen LogP contribution >= 0.6 is 0 Å². The molecule has 242 valence electrons. The molecule has 0 unspecified atom stereocenters. The van der Waals surface area contributed by atoms with Crippen LogP contribution in [0.2, 0.25) is 0 Å². The van der Waals surface area contributed by atoms with Gasteiger partial charge in [-0.25, -0.2) is 0 Å². The SMILES string of the molecule is C=CC=CC=CC=CC=CC=CC=CC=CC=CC=CC=CC=CC=CC=CC=CC=CC=CC=CC=CC=CC=CC=CC=CC=C. The molecule has 0 aliphatic heterocycles. The van der Waals surface area contributed by atoms with E-state index in [0.717, 1.165) is 0 Å². The predicted molar refractivity (Wildman–Crippen MR) is 221 cm³/mol. The third-order valence-corrected chi connectivity index (χ3v) is 5.05. The van der Waals surface area contributed by atoms with Crippen molar-refractivity contribution in [3.63, 3.8) is 0 Å². The Kier molecular flexibility index (Phi) is 35.5. The second-order valence-electron chi connectivity index (χ2n) is 8.94. The van der Waals surface area contributed by atoms with Crippen LogP contribution in [0, 0.1) is 0 Å². The van der Waals surface area contributed by atoms with Crippen LogP contribution < -0.4 is 0 Å². The molecule has 0 heteroatoms. The first-order chi connectivity index (χ1) is 23.9. The summed E-state index contributed by atoms with van der Waals surface area (Å²) in [7, 11) is 0. The molecule has 0 aromatic heterocycles. The smallest absolute Gasteiger partial charge is 0.0623 e. The van der Waals surface area contributed by atoms with Gasteiger partial charge in [-0.3, -0.25) is 0 Å². The average Bonchev–Trinajstić information content (AvgIpc) is 3.10. The Balaban J connectivity index is 4.05.